The Morgan fingerprint density at radius 2 is 2.12 bits per heavy atom. The normalized spacial score (nSPS) is 13.0. The standard InChI is InChI=1S/C11H24N2O3/c1-4-12-10(11(14)15)6-7-13(3)8-9-16-5-2/h10,12H,4-9H2,1-3H3,(H,14,15). The Kier molecular flexibility index (Phi) is 9.18. The molecule has 5 heteroatoms. The number of likely N-dealkylation sites (N-methyl/N-ethyl adjacent to an activating group) is 2. The number of carboxylic acid groups (broad SMARTS) is 1. The number of hydrogen-bond donors (Lipinski definition) is 2. The third kappa shape index (κ3) is 7.62. The summed E-state index contributed by atoms with van der Waals surface area (Å²) in [4.78, 5) is 12.9. The molecule has 0 radical (unpaired) electrons. The quantitative estimate of drug-likeness (QED) is 0.534. The predicted molar refractivity (Wildman–Crippen MR) is 63.7 cm³/mol. The third-order valence-electron chi connectivity index (χ3n) is 2.37. The minimum Gasteiger partial charge on any atom is -0.480 e. The summed E-state index contributed by atoms with van der Waals surface area (Å²) >= 11 is 0. The topological polar surface area (TPSA) is 61.8 Å². The highest BCUT2D eigenvalue weighted by Gasteiger charge is 2.15. The monoisotopic (exact) mass is 232 g/mol. The van der Waals surface area contributed by atoms with E-state index in [9.17, 15) is 4.79 Å². The molecular weight excluding hydrogens is 208 g/mol. The smallest absolute Gasteiger partial charge is 0.320 e. The Hall–Kier alpha value is -0.650. The van der Waals surface area contributed by atoms with Gasteiger partial charge in [0.25, 0.3) is 0 Å². The second-order valence-corrected chi connectivity index (χ2v) is 3.74. The van der Waals surface area contributed by atoms with Crippen LogP contribution in [0.3, 0.4) is 0 Å². The first-order valence-electron chi connectivity index (χ1n) is 5.84. The van der Waals surface area contributed by atoms with E-state index < -0.39 is 12.0 Å². The van der Waals surface area contributed by atoms with Crippen molar-refractivity contribution in [3.8, 4) is 0 Å². The molecule has 5 nitrogen and oxygen atoms in total. The van der Waals surface area contributed by atoms with Gasteiger partial charge in [-0.05, 0) is 33.5 Å². The maximum Gasteiger partial charge on any atom is 0.320 e. The third-order valence-corrected chi connectivity index (χ3v) is 2.37. The van der Waals surface area contributed by atoms with Crippen molar-refractivity contribution >= 4 is 5.97 Å². The Balaban J connectivity index is 3.69. The molecular formula is C11H24N2O3. The van der Waals surface area contributed by atoms with Gasteiger partial charge in [0, 0.05) is 13.2 Å². The number of carboxylic acids is 1. The van der Waals surface area contributed by atoms with Crippen LogP contribution in [0.15, 0.2) is 0 Å². The van der Waals surface area contributed by atoms with Crippen LogP contribution in [0.25, 0.3) is 0 Å². The molecule has 0 aliphatic rings. The first-order chi connectivity index (χ1) is 7.61. The zero-order chi connectivity index (χ0) is 12.4. The van der Waals surface area contributed by atoms with Crippen molar-refractivity contribution in [1.82, 2.24) is 10.2 Å². The minimum absolute atomic E-state index is 0.445. The molecule has 0 fully saturated rings. The molecule has 0 amide bonds. The first kappa shape index (κ1) is 15.3. The highest BCUT2D eigenvalue weighted by molar-refractivity contribution is 5.73. The van der Waals surface area contributed by atoms with E-state index in [1.165, 1.54) is 0 Å². The summed E-state index contributed by atoms with van der Waals surface area (Å²) in [6.45, 7) is 7.58. The van der Waals surface area contributed by atoms with Gasteiger partial charge in [-0.25, -0.2) is 0 Å². The lowest BCUT2D eigenvalue weighted by atomic mass is 10.2. The lowest BCUT2D eigenvalue weighted by Crippen LogP contribution is -2.39. The number of aliphatic carboxylic acids is 1. The van der Waals surface area contributed by atoms with Crippen molar-refractivity contribution in [3.63, 3.8) is 0 Å². The second-order valence-electron chi connectivity index (χ2n) is 3.74. The van der Waals surface area contributed by atoms with E-state index in [2.05, 4.69) is 10.2 Å². The van der Waals surface area contributed by atoms with Gasteiger partial charge in [0.2, 0.25) is 0 Å². The van der Waals surface area contributed by atoms with Gasteiger partial charge in [-0.1, -0.05) is 6.92 Å². The van der Waals surface area contributed by atoms with E-state index in [-0.39, 0.29) is 0 Å². The number of carbonyl (C=O) groups is 1. The molecule has 0 aromatic rings. The van der Waals surface area contributed by atoms with E-state index in [0.717, 1.165) is 19.7 Å². The average Bonchev–Trinajstić information content (AvgIpc) is 2.24. The van der Waals surface area contributed by atoms with Crippen LogP contribution in [0.2, 0.25) is 0 Å². The number of ether oxygens (including phenoxy) is 1. The van der Waals surface area contributed by atoms with Crippen LogP contribution in [0.5, 0.6) is 0 Å². The van der Waals surface area contributed by atoms with Gasteiger partial charge in [0.1, 0.15) is 6.04 Å². The van der Waals surface area contributed by atoms with Crippen molar-refractivity contribution < 1.29 is 14.6 Å². The van der Waals surface area contributed by atoms with Crippen LogP contribution in [0.1, 0.15) is 20.3 Å². The fourth-order valence-corrected chi connectivity index (χ4v) is 1.39. The van der Waals surface area contributed by atoms with E-state index in [4.69, 9.17) is 9.84 Å². The maximum absolute atomic E-state index is 10.9. The van der Waals surface area contributed by atoms with E-state index in [1.807, 2.05) is 20.9 Å². The van der Waals surface area contributed by atoms with Crippen molar-refractivity contribution in [2.24, 2.45) is 0 Å². The van der Waals surface area contributed by atoms with Gasteiger partial charge in [0.05, 0.1) is 6.61 Å². The molecule has 0 heterocycles. The van der Waals surface area contributed by atoms with Crippen LogP contribution in [-0.4, -0.2) is 61.9 Å². The highest BCUT2D eigenvalue weighted by atomic mass is 16.5. The summed E-state index contributed by atoms with van der Waals surface area (Å²) in [5, 5.41) is 11.9. The molecule has 0 rings (SSSR count). The molecule has 0 bridgehead atoms. The Morgan fingerprint density at radius 3 is 2.62 bits per heavy atom. The van der Waals surface area contributed by atoms with Gasteiger partial charge in [-0.15, -0.1) is 0 Å². The highest BCUT2D eigenvalue weighted by Crippen LogP contribution is 1.95. The van der Waals surface area contributed by atoms with Crippen LogP contribution in [0, 0.1) is 0 Å². The summed E-state index contributed by atoms with van der Waals surface area (Å²) in [7, 11) is 1.98. The summed E-state index contributed by atoms with van der Waals surface area (Å²) < 4.78 is 5.23. The molecule has 16 heavy (non-hydrogen) atoms. The zero-order valence-electron chi connectivity index (χ0n) is 10.5. The fourth-order valence-electron chi connectivity index (χ4n) is 1.39. The minimum atomic E-state index is -0.778. The van der Waals surface area contributed by atoms with Gasteiger partial charge in [-0.3, -0.25) is 4.79 Å². The molecule has 0 saturated heterocycles. The second kappa shape index (κ2) is 9.57. The lowest BCUT2D eigenvalue weighted by Gasteiger charge is -2.19. The van der Waals surface area contributed by atoms with Gasteiger partial charge in [0.15, 0.2) is 0 Å². The largest absolute Gasteiger partial charge is 0.480 e. The number of nitrogens with one attached hydrogen (secondary N) is 1. The number of hydrogen-bond acceptors (Lipinski definition) is 4. The van der Waals surface area contributed by atoms with Gasteiger partial charge in [-0.2, -0.15) is 0 Å². The molecule has 1 unspecified atom stereocenters. The molecule has 0 aliphatic carbocycles. The van der Waals surface area contributed by atoms with Crippen LogP contribution in [-0.2, 0) is 9.53 Å². The SMILES string of the molecule is CCNC(CCN(C)CCOCC)C(=O)O. The van der Waals surface area contributed by atoms with Crippen molar-refractivity contribution in [2.75, 3.05) is 39.9 Å². The molecule has 2 N–H and O–H groups in total. The summed E-state index contributed by atoms with van der Waals surface area (Å²) in [6, 6.07) is -0.445. The summed E-state index contributed by atoms with van der Waals surface area (Å²) in [5.74, 6) is -0.778. The molecule has 0 aliphatic heterocycles. The first-order valence-corrected chi connectivity index (χ1v) is 5.84. The Labute approximate surface area is 97.8 Å². The van der Waals surface area contributed by atoms with E-state index in [0.29, 0.717) is 19.6 Å². The number of rotatable bonds is 10. The molecule has 96 valence electrons. The predicted octanol–water partition coefficient (Wildman–Crippen LogP) is 0.408. The maximum atomic E-state index is 10.9. The molecule has 0 aromatic carbocycles. The van der Waals surface area contributed by atoms with Crippen molar-refractivity contribution in [3.05, 3.63) is 0 Å². The fraction of sp³-hybridized carbons (Fsp3) is 0.909. The van der Waals surface area contributed by atoms with Gasteiger partial charge >= 0.3 is 5.97 Å². The lowest BCUT2D eigenvalue weighted by molar-refractivity contribution is -0.139. The number of nitrogens with zero attached hydrogens (tertiary/aromatic N) is 1. The van der Waals surface area contributed by atoms with Crippen molar-refractivity contribution in [1.29, 1.82) is 0 Å². The summed E-state index contributed by atoms with van der Waals surface area (Å²) in [6.07, 6.45) is 0.617. The molecule has 1 atom stereocenters. The van der Waals surface area contributed by atoms with Crippen LogP contribution < -0.4 is 5.32 Å². The Bertz CT molecular complexity index is 188. The summed E-state index contributed by atoms with van der Waals surface area (Å²) in [5.41, 5.74) is 0. The molecule has 0 spiro atoms. The van der Waals surface area contributed by atoms with Crippen LogP contribution >= 0.6 is 0 Å². The average molecular weight is 232 g/mol. The van der Waals surface area contributed by atoms with E-state index >= 15 is 0 Å². The van der Waals surface area contributed by atoms with E-state index in [1.54, 1.807) is 0 Å². The van der Waals surface area contributed by atoms with Gasteiger partial charge < -0.3 is 20.1 Å². The zero-order valence-corrected chi connectivity index (χ0v) is 10.5. The van der Waals surface area contributed by atoms with Crippen LogP contribution in [0.4, 0.5) is 0 Å². The Morgan fingerprint density at radius 1 is 1.44 bits per heavy atom. The molecule has 0 aromatic heterocycles. The molecule has 0 saturated carbocycles. The van der Waals surface area contributed by atoms with Crippen molar-refractivity contribution in [2.45, 2.75) is 26.3 Å².